The van der Waals surface area contributed by atoms with E-state index in [4.69, 9.17) is 5.73 Å². The van der Waals surface area contributed by atoms with Crippen LogP contribution in [0, 0.1) is 11.8 Å². The maximum absolute atomic E-state index is 9.66. The molecule has 1 aromatic heterocycles. The highest BCUT2D eigenvalue weighted by molar-refractivity contribution is 5.57. The zero-order valence-electron chi connectivity index (χ0n) is 15.2. The molecule has 0 aliphatic heterocycles. The Labute approximate surface area is 155 Å². The van der Waals surface area contributed by atoms with E-state index in [-0.39, 0.29) is 18.1 Å². The van der Waals surface area contributed by atoms with Crippen molar-refractivity contribution >= 4 is 11.8 Å². The van der Waals surface area contributed by atoms with Gasteiger partial charge in [0.2, 0.25) is 5.95 Å². The number of nitrogens with zero attached hydrogens (tertiary/aromatic N) is 2. The van der Waals surface area contributed by atoms with Crippen LogP contribution in [0.1, 0.15) is 55.7 Å². The lowest BCUT2D eigenvalue weighted by Gasteiger charge is -2.26. The van der Waals surface area contributed by atoms with E-state index >= 15 is 0 Å². The second kappa shape index (κ2) is 8.68. The summed E-state index contributed by atoms with van der Waals surface area (Å²) in [4.78, 5) is 8.41. The molecule has 1 fully saturated rings. The van der Waals surface area contributed by atoms with E-state index < -0.39 is 0 Å². The molecule has 0 bridgehead atoms. The average Bonchev–Trinajstić information content (AvgIpc) is 2.64. The summed E-state index contributed by atoms with van der Waals surface area (Å²) >= 11 is 0. The number of aliphatic hydroxyl groups is 1. The Bertz CT molecular complexity index is 784. The number of aromatic nitrogens is 2. The zero-order chi connectivity index (χ0) is 18.4. The maximum atomic E-state index is 9.66. The minimum Gasteiger partial charge on any atom is -0.393 e. The second-order valence-corrected chi connectivity index (χ2v) is 6.84. The highest BCUT2D eigenvalue weighted by Gasteiger charge is 2.20. The quantitative estimate of drug-likeness (QED) is 0.738. The average molecular weight is 350 g/mol. The largest absolute Gasteiger partial charge is 0.393 e. The van der Waals surface area contributed by atoms with Gasteiger partial charge in [0.15, 0.2) is 0 Å². The van der Waals surface area contributed by atoms with Crippen LogP contribution >= 0.6 is 0 Å². The lowest BCUT2D eigenvalue weighted by Crippen LogP contribution is -2.29. The van der Waals surface area contributed by atoms with Gasteiger partial charge in [-0.15, -0.1) is 0 Å². The molecule has 0 saturated heterocycles. The molecule has 1 aliphatic carbocycles. The Morgan fingerprint density at radius 3 is 2.58 bits per heavy atom. The van der Waals surface area contributed by atoms with Gasteiger partial charge in [0.05, 0.1) is 17.9 Å². The van der Waals surface area contributed by atoms with Crippen LogP contribution in [0.3, 0.4) is 0 Å². The molecule has 26 heavy (non-hydrogen) atoms. The van der Waals surface area contributed by atoms with Crippen LogP contribution in [-0.2, 0) is 6.42 Å². The monoisotopic (exact) mass is 350 g/mol. The number of nitrogens with one attached hydrogen (secondary N) is 1. The molecule has 0 amide bonds. The molecule has 2 aromatic rings. The van der Waals surface area contributed by atoms with Crippen molar-refractivity contribution in [2.45, 2.75) is 57.6 Å². The van der Waals surface area contributed by atoms with E-state index in [1.54, 1.807) is 6.20 Å². The molecule has 4 N–H and O–H groups in total. The molecule has 1 heterocycles. The topological polar surface area (TPSA) is 84.1 Å². The van der Waals surface area contributed by atoms with Gasteiger partial charge in [-0.05, 0) is 49.8 Å². The van der Waals surface area contributed by atoms with Gasteiger partial charge in [0.1, 0.15) is 5.82 Å². The van der Waals surface area contributed by atoms with E-state index in [2.05, 4.69) is 46.2 Å². The number of nitrogens with two attached hydrogens (primary N) is 1. The third kappa shape index (κ3) is 4.96. The number of nitrogen functional groups attached to an aromatic ring is 1. The molecule has 5 nitrogen and oxygen atoms in total. The molecule has 0 spiro atoms. The Morgan fingerprint density at radius 1 is 1.15 bits per heavy atom. The summed E-state index contributed by atoms with van der Waals surface area (Å²) in [6.45, 7) is 2.18. The van der Waals surface area contributed by atoms with Crippen molar-refractivity contribution < 1.29 is 5.11 Å². The summed E-state index contributed by atoms with van der Waals surface area (Å²) in [6, 6.07) is 8.62. The molecule has 1 aromatic carbocycles. The number of aryl methyl sites for hydroxylation is 1. The van der Waals surface area contributed by atoms with Gasteiger partial charge in [-0.3, -0.25) is 0 Å². The van der Waals surface area contributed by atoms with Crippen LogP contribution in [0.25, 0.3) is 0 Å². The molecule has 0 atom stereocenters. The fourth-order valence-corrected chi connectivity index (χ4v) is 3.19. The van der Waals surface area contributed by atoms with Gasteiger partial charge in [0, 0.05) is 11.6 Å². The van der Waals surface area contributed by atoms with Crippen LogP contribution in [0.2, 0.25) is 0 Å². The number of hydrogen-bond acceptors (Lipinski definition) is 5. The summed E-state index contributed by atoms with van der Waals surface area (Å²) in [5.74, 6) is 7.26. The van der Waals surface area contributed by atoms with Crippen LogP contribution in [0.5, 0.6) is 0 Å². The van der Waals surface area contributed by atoms with E-state index in [0.717, 1.165) is 49.7 Å². The minimum atomic E-state index is -0.182. The SMILES string of the molecule is CCCc1ccc(C#Cc2cnc(N)nc2NC2CCC(O)CC2)cc1. The van der Waals surface area contributed by atoms with Crippen LogP contribution in [-0.4, -0.2) is 27.2 Å². The molecule has 1 saturated carbocycles. The van der Waals surface area contributed by atoms with E-state index in [9.17, 15) is 5.11 Å². The number of hydrogen-bond donors (Lipinski definition) is 3. The smallest absolute Gasteiger partial charge is 0.222 e. The molecule has 0 unspecified atom stereocenters. The first-order valence-electron chi connectivity index (χ1n) is 9.32. The third-order valence-electron chi connectivity index (χ3n) is 4.68. The van der Waals surface area contributed by atoms with Crippen molar-refractivity contribution in [3.05, 3.63) is 47.2 Å². The first-order valence-corrected chi connectivity index (χ1v) is 9.32. The number of anilines is 2. The lowest BCUT2D eigenvalue weighted by molar-refractivity contribution is 0.126. The van der Waals surface area contributed by atoms with E-state index in [1.165, 1.54) is 5.56 Å². The fraction of sp³-hybridized carbons (Fsp3) is 0.429. The van der Waals surface area contributed by atoms with E-state index in [0.29, 0.717) is 5.82 Å². The molecule has 1 aliphatic rings. The first kappa shape index (κ1) is 18.2. The van der Waals surface area contributed by atoms with Crippen molar-refractivity contribution in [3.8, 4) is 11.8 Å². The normalized spacial score (nSPS) is 19.5. The summed E-state index contributed by atoms with van der Waals surface area (Å²) in [6.07, 6.45) is 7.16. The second-order valence-electron chi connectivity index (χ2n) is 6.84. The van der Waals surface area contributed by atoms with Crippen molar-refractivity contribution in [1.29, 1.82) is 0 Å². The number of rotatable bonds is 4. The molecular weight excluding hydrogens is 324 g/mol. The zero-order valence-corrected chi connectivity index (χ0v) is 15.2. The molecule has 136 valence electrons. The summed E-state index contributed by atoms with van der Waals surface area (Å²) in [5.41, 5.74) is 8.79. The Hall–Kier alpha value is -2.58. The van der Waals surface area contributed by atoms with Gasteiger partial charge < -0.3 is 16.2 Å². The van der Waals surface area contributed by atoms with Crippen LogP contribution < -0.4 is 11.1 Å². The van der Waals surface area contributed by atoms with Crippen molar-refractivity contribution in [2.24, 2.45) is 0 Å². The highest BCUT2D eigenvalue weighted by Crippen LogP contribution is 2.23. The van der Waals surface area contributed by atoms with Gasteiger partial charge >= 0.3 is 0 Å². The van der Waals surface area contributed by atoms with Crippen molar-refractivity contribution in [3.63, 3.8) is 0 Å². The molecule has 0 radical (unpaired) electrons. The van der Waals surface area contributed by atoms with Crippen molar-refractivity contribution in [2.75, 3.05) is 11.1 Å². The third-order valence-corrected chi connectivity index (χ3v) is 4.68. The molecular formula is C21H26N4O. The van der Waals surface area contributed by atoms with Crippen LogP contribution in [0.4, 0.5) is 11.8 Å². The van der Waals surface area contributed by atoms with Crippen molar-refractivity contribution in [1.82, 2.24) is 9.97 Å². The summed E-state index contributed by atoms with van der Waals surface area (Å²) in [5, 5.41) is 13.1. The standard InChI is InChI=1S/C21H26N4O/c1-2-3-15-4-6-16(7-5-15)8-9-17-14-23-21(22)25-20(17)24-18-10-12-19(26)13-11-18/h4-7,14,18-19,26H,2-3,10-13H2,1H3,(H3,22,23,24,25). The van der Waals surface area contributed by atoms with Gasteiger partial charge in [0.25, 0.3) is 0 Å². The first-order chi connectivity index (χ1) is 12.6. The predicted octanol–water partition coefficient (Wildman–Crippen LogP) is 3.13. The summed E-state index contributed by atoms with van der Waals surface area (Å²) < 4.78 is 0. The Kier molecular flexibility index (Phi) is 6.08. The van der Waals surface area contributed by atoms with Gasteiger partial charge in [-0.25, -0.2) is 4.98 Å². The Morgan fingerprint density at radius 2 is 1.88 bits per heavy atom. The van der Waals surface area contributed by atoms with Crippen LogP contribution in [0.15, 0.2) is 30.5 Å². The lowest BCUT2D eigenvalue weighted by atomic mass is 9.93. The molecule has 5 heteroatoms. The van der Waals surface area contributed by atoms with Gasteiger partial charge in [-0.2, -0.15) is 4.98 Å². The maximum Gasteiger partial charge on any atom is 0.222 e. The summed E-state index contributed by atoms with van der Waals surface area (Å²) in [7, 11) is 0. The molecule has 3 rings (SSSR count). The minimum absolute atomic E-state index is 0.182. The number of aliphatic hydroxyl groups excluding tert-OH is 1. The highest BCUT2D eigenvalue weighted by atomic mass is 16.3. The van der Waals surface area contributed by atoms with E-state index in [1.807, 2.05) is 12.1 Å². The Balaban J connectivity index is 1.75. The predicted molar refractivity (Wildman–Crippen MR) is 105 cm³/mol. The fourth-order valence-electron chi connectivity index (χ4n) is 3.19. The number of benzene rings is 1. The van der Waals surface area contributed by atoms with Gasteiger partial charge in [-0.1, -0.05) is 37.3 Å².